The fraction of sp³-hybridized carbons (Fsp3) is 0.964. The Hall–Kier alpha value is -1.06. The molecule has 0 fully saturated rings. The van der Waals surface area contributed by atoms with Crippen molar-refractivity contribution in [1.82, 2.24) is 0 Å². The van der Waals surface area contributed by atoms with Gasteiger partial charge in [0.25, 0.3) is 0 Å². The van der Waals surface area contributed by atoms with Crippen LogP contribution in [0, 0.1) is 0 Å². The molecule has 0 aliphatic heterocycles. The molecule has 0 aromatic carbocycles. The first kappa shape index (κ1) is 58.9. The van der Waals surface area contributed by atoms with Crippen molar-refractivity contribution in [3.05, 3.63) is 0 Å². The van der Waals surface area contributed by atoms with Gasteiger partial charge in [-0.3, -0.25) is 4.79 Å². The number of unbranched alkanes of at least 4 members (excludes halogenated alkanes) is 41. The molecule has 0 rings (SSSR count). The van der Waals surface area contributed by atoms with E-state index in [9.17, 15) is 9.59 Å². The lowest BCUT2D eigenvalue weighted by atomic mass is 9.89. The van der Waals surface area contributed by atoms with Crippen molar-refractivity contribution in [2.24, 2.45) is 0 Å². The van der Waals surface area contributed by atoms with Gasteiger partial charge in [-0.05, 0) is 38.5 Å². The first-order valence-electron chi connectivity index (χ1n) is 27.9. The van der Waals surface area contributed by atoms with Crippen LogP contribution in [0.3, 0.4) is 0 Å². The summed E-state index contributed by atoms with van der Waals surface area (Å²) in [5.74, 6) is -0.440. The van der Waals surface area contributed by atoms with E-state index in [4.69, 9.17) is 9.47 Å². The molecule has 4 nitrogen and oxygen atoms in total. The summed E-state index contributed by atoms with van der Waals surface area (Å²) in [5.41, 5.74) is -1.12. The van der Waals surface area contributed by atoms with Crippen molar-refractivity contribution in [1.29, 1.82) is 0 Å². The molecule has 0 N–H and O–H groups in total. The van der Waals surface area contributed by atoms with Crippen LogP contribution in [-0.4, -0.2) is 24.1 Å². The van der Waals surface area contributed by atoms with Crippen LogP contribution in [-0.2, 0) is 19.1 Å². The molecule has 0 saturated heterocycles. The summed E-state index contributed by atoms with van der Waals surface area (Å²) in [4.78, 5) is 27.7. The molecular weight excluding hydrogens is 737 g/mol. The number of carbonyl (C=O) groups excluding carboxylic acids is 2. The van der Waals surface area contributed by atoms with Crippen molar-refractivity contribution >= 4 is 11.9 Å². The third-order valence-electron chi connectivity index (χ3n) is 13.3. The molecule has 0 saturated carbocycles. The van der Waals surface area contributed by atoms with E-state index >= 15 is 0 Å². The molecule has 0 aromatic rings. The molecule has 60 heavy (non-hydrogen) atoms. The summed E-state index contributed by atoms with van der Waals surface area (Å²) in [6.07, 6.45) is 59.0. The lowest BCUT2D eigenvalue weighted by Gasteiger charge is -2.32. The normalized spacial score (nSPS) is 12.5. The highest BCUT2D eigenvalue weighted by molar-refractivity contribution is 5.83. The summed E-state index contributed by atoms with van der Waals surface area (Å²) in [6, 6.07) is 0. The maximum Gasteiger partial charge on any atom is 0.350 e. The van der Waals surface area contributed by atoms with Crippen molar-refractivity contribution in [3.8, 4) is 0 Å². The molecule has 4 heteroatoms. The van der Waals surface area contributed by atoms with Crippen LogP contribution in [0.4, 0.5) is 0 Å². The Morgan fingerprint density at radius 1 is 0.300 bits per heavy atom. The zero-order chi connectivity index (χ0) is 43.7. The Kier molecular flexibility index (Phi) is 48.1. The minimum absolute atomic E-state index is 0.182. The van der Waals surface area contributed by atoms with Crippen LogP contribution in [0.15, 0.2) is 0 Å². The number of esters is 2. The van der Waals surface area contributed by atoms with Crippen molar-refractivity contribution in [2.45, 2.75) is 341 Å². The van der Waals surface area contributed by atoms with Gasteiger partial charge in [-0.2, -0.15) is 0 Å². The van der Waals surface area contributed by atoms with Crippen molar-refractivity contribution < 1.29 is 19.1 Å². The third-order valence-corrected chi connectivity index (χ3v) is 13.3. The fourth-order valence-corrected chi connectivity index (χ4v) is 9.06. The lowest BCUT2D eigenvalue weighted by molar-refractivity contribution is -0.185. The average molecular weight is 847 g/mol. The zero-order valence-corrected chi connectivity index (χ0v) is 41.8. The smallest absolute Gasteiger partial charge is 0.350 e. The molecular formula is C56H110O4. The third kappa shape index (κ3) is 41.0. The second-order valence-electron chi connectivity index (χ2n) is 19.3. The first-order chi connectivity index (χ1) is 29.6. The van der Waals surface area contributed by atoms with Gasteiger partial charge in [0.1, 0.15) is 0 Å². The number of hydrogen-bond acceptors (Lipinski definition) is 4. The van der Waals surface area contributed by atoms with Crippen LogP contribution in [0.1, 0.15) is 336 Å². The molecule has 0 aromatic heterocycles. The van der Waals surface area contributed by atoms with Crippen LogP contribution in [0.25, 0.3) is 0 Å². The van der Waals surface area contributed by atoms with Crippen LogP contribution >= 0.6 is 0 Å². The van der Waals surface area contributed by atoms with Gasteiger partial charge in [-0.15, -0.1) is 0 Å². The molecule has 1 atom stereocenters. The maximum absolute atomic E-state index is 14.1. The molecule has 0 heterocycles. The summed E-state index contributed by atoms with van der Waals surface area (Å²) in [5, 5.41) is 0. The van der Waals surface area contributed by atoms with E-state index in [1.165, 1.54) is 238 Å². The summed E-state index contributed by atoms with van der Waals surface area (Å²) in [7, 11) is 0. The molecule has 1 unspecified atom stereocenters. The molecule has 0 aliphatic rings. The standard InChI is InChI=1S/C56H110O4/c1-5-9-13-17-21-24-27-29-31-32-34-36-39-42-46-50-54(57)60-56(55(58)59-53-49-45-20-16-12-8-4,51-47-43-40-37-26-23-19-15-11-7-3)52-48-44-41-38-35-33-30-28-25-22-18-14-10-6-2/h5-53H2,1-4H3. The van der Waals surface area contributed by atoms with Gasteiger partial charge in [0.2, 0.25) is 5.60 Å². The van der Waals surface area contributed by atoms with E-state index in [0.29, 0.717) is 25.9 Å². The molecule has 358 valence electrons. The van der Waals surface area contributed by atoms with E-state index in [1.54, 1.807) is 0 Å². The molecule has 0 bridgehead atoms. The highest BCUT2D eigenvalue weighted by Crippen LogP contribution is 2.31. The second kappa shape index (κ2) is 49.0. The van der Waals surface area contributed by atoms with Crippen molar-refractivity contribution in [2.75, 3.05) is 6.61 Å². The molecule has 0 radical (unpaired) electrons. The number of rotatable bonds is 51. The van der Waals surface area contributed by atoms with Crippen molar-refractivity contribution in [3.63, 3.8) is 0 Å². The molecule has 0 spiro atoms. The maximum atomic E-state index is 14.1. The fourth-order valence-electron chi connectivity index (χ4n) is 9.06. The zero-order valence-electron chi connectivity index (χ0n) is 41.8. The second-order valence-corrected chi connectivity index (χ2v) is 19.3. The van der Waals surface area contributed by atoms with E-state index < -0.39 is 5.60 Å². The number of carbonyl (C=O) groups is 2. The van der Waals surface area contributed by atoms with E-state index in [-0.39, 0.29) is 11.9 Å². The molecule has 0 amide bonds. The van der Waals surface area contributed by atoms with E-state index in [1.807, 2.05) is 0 Å². The minimum atomic E-state index is -1.12. The van der Waals surface area contributed by atoms with Gasteiger partial charge < -0.3 is 9.47 Å². The summed E-state index contributed by atoms with van der Waals surface area (Å²) < 4.78 is 12.5. The predicted octanol–water partition coefficient (Wildman–Crippen LogP) is 19.6. The quantitative estimate of drug-likeness (QED) is 0.0452. The molecule has 0 aliphatic carbocycles. The van der Waals surface area contributed by atoms with Crippen LogP contribution in [0.2, 0.25) is 0 Å². The highest BCUT2D eigenvalue weighted by Gasteiger charge is 2.43. The summed E-state index contributed by atoms with van der Waals surface area (Å²) >= 11 is 0. The van der Waals surface area contributed by atoms with E-state index in [2.05, 4.69) is 27.7 Å². The van der Waals surface area contributed by atoms with Gasteiger partial charge in [0.05, 0.1) is 6.61 Å². The average Bonchev–Trinajstić information content (AvgIpc) is 3.25. The Morgan fingerprint density at radius 2 is 0.533 bits per heavy atom. The minimum Gasteiger partial charge on any atom is -0.463 e. The summed E-state index contributed by atoms with van der Waals surface area (Å²) in [6.45, 7) is 9.55. The predicted molar refractivity (Wildman–Crippen MR) is 264 cm³/mol. The Balaban J connectivity index is 5.04. The lowest BCUT2D eigenvalue weighted by Crippen LogP contribution is -2.45. The Bertz CT molecular complexity index is 856. The Labute approximate surface area is 377 Å². The first-order valence-corrected chi connectivity index (χ1v) is 27.9. The highest BCUT2D eigenvalue weighted by atomic mass is 16.6. The van der Waals surface area contributed by atoms with Crippen LogP contribution < -0.4 is 0 Å². The van der Waals surface area contributed by atoms with Gasteiger partial charge in [-0.1, -0.05) is 291 Å². The van der Waals surface area contributed by atoms with E-state index in [0.717, 1.165) is 51.4 Å². The topological polar surface area (TPSA) is 52.6 Å². The SMILES string of the molecule is CCCCCCCCCCCCCCCCCC(=O)OC(CCCCCCCCCCCC)(CCCCCCCCCCCCCCCC)C(=O)OCCCCCCCC. The monoisotopic (exact) mass is 847 g/mol. The van der Waals surface area contributed by atoms with Crippen LogP contribution in [0.5, 0.6) is 0 Å². The number of hydrogen-bond donors (Lipinski definition) is 0. The van der Waals surface area contributed by atoms with Gasteiger partial charge in [-0.25, -0.2) is 4.79 Å². The van der Waals surface area contributed by atoms with Gasteiger partial charge >= 0.3 is 11.9 Å². The number of ether oxygens (including phenoxy) is 2. The van der Waals surface area contributed by atoms with Gasteiger partial charge in [0, 0.05) is 6.42 Å². The Morgan fingerprint density at radius 3 is 0.817 bits per heavy atom. The largest absolute Gasteiger partial charge is 0.463 e. The van der Waals surface area contributed by atoms with Gasteiger partial charge in [0.15, 0.2) is 0 Å².